The summed E-state index contributed by atoms with van der Waals surface area (Å²) >= 11 is 0. The molecule has 1 saturated heterocycles. The Labute approximate surface area is 111 Å². The number of rotatable bonds is 4. The van der Waals surface area contributed by atoms with Crippen molar-refractivity contribution in [1.29, 1.82) is 0 Å². The number of amides is 1. The van der Waals surface area contributed by atoms with Crippen molar-refractivity contribution in [2.45, 2.75) is 71.5 Å². The fourth-order valence-corrected chi connectivity index (χ4v) is 3.33. The molecule has 1 heterocycles. The van der Waals surface area contributed by atoms with Gasteiger partial charge in [-0.25, -0.2) is 0 Å². The van der Waals surface area contributed by atoms with E-state index in [2.05, 4.69) is 37.9 Å². The summed E-state index contributed by atoms with van der Waals surface area (Å²) in [6.07, 6.45) is 5.81. The SMILES string of the molecule is CC(C)CCN1C(=O)C2(CCCC2)NC1C(C)C. The van der Waals surface area contributed by atoms with E-state index in [9.17, 15) is 4.79 Å². The summed E-state index contributed by atoms with van der Waals surface area (Å²) in [7, 11) is 0. The molecule has 1 aliphatic carbocycles. The number of hydrogen-bond donors (Lipinski definition) is 1. The molecule has 0 aromatic rings. The van der Waals surface area contributed by atoms with Gasteiger partial charge in [0.1, 0.15) is 0 Å². The molecule has 0 bridgehead atoms. The van der Waals surface area contributed by atoms with Crippen LogP contribution in [0.25, 0.3) is 0 Å². The molecule has 1 spiro atoms. The van der Waals surface area contributed by atoms with E-state index in [1.165, 1.54) is 12.8 Å². The highest BCUT2D eigenvalue weighted by Crippen LogP contribution is 2.37. The third-order valence-corrected chi connectivity index (χ3v) is 4.47. The van der Waals surface area contributed by atoms with Crippen molar-refractivity contribution in [3.05, 3.63) is 0 Å². The van der Waals surface area contributed by atoms with Crippen LogP contribution in [0.1, 0.15) is 59.8 Å². The summed E-state index contributed by atoms with van der Waals surface area (Å²) < 4.78 is 0. The first-order chi connectivity index (χ1) is 8.46. The minimum atomic E-state index is -0.202. The van der Waals surface area contributed by atoms with Gasteiger partial charge in [0.2, 0.25) is 5.91 Å². The topological polar surface area (TPSA) is 32.3 Å². The molecule has 3 heteroatoms. The second-order valence-electron chi connectivity index (χ2n) is 6.80. The molecule has 1 amide bonds. The molecule has 3 nitrogen and oxygen atoms in total. The molecule has 2 fully saturated rings. The van der Waals surface area contributed by atoms with Crippen LogP contribution in [0.3, 0.4) is 0 Å². The lowest BCUT2D eigenvalue weighted by molar-refractivity contribution is -0.133. The molecule has 1 saturated carbocycles. The number of hydrogen-bond acceptors (Lipinski definition) is 2. The van der Waals surface area contributed by atoms with Crippen LogP contribution in [0.5, 0.6) is 0 Å². The van der Waals surface area contributed by atoms with E-state index < -0.39 is 0 Å². The molecule has 0 radical (unpaired) electrons. The van der Waals surface area contributed by atoms with Crippen molar-refractivity contribution in [3.63, 3.8) is 0 Å². The van der Waals surface area contributed by atoms with Gasteiger partial charge >= 0.3 is 0 Å². The second-order valence-corrected chi connectivity index (χ2v) is 6.80. The van der Waals surface area contributed by atoms with Gasteiger partial charge in [0.05, 0.1) is 11.7 Å². The molecular weight excluding hydrogens is 224 g/mol. The largest absolute Gasteiger partial charge is 0.325 e. The van der Waals surface area contributed by atoms with Crippen molar-refractivity contribution < 1.29 is 4.79 Å². The molecule has 0 aromatic carbocycles. The molecule has 1 unspecified atom stereocenters. The van der Waals surface area contributed by atoms with Gasteiger partial charge < -0.3 is 4.90 Å². The van der Waals surface area contributed by atoms with Gasteiger partial charge in [-0.1, -0.05) is 40.5 Å². The number of nitrogens with one attached hydrogen (secondary N) is 1. The average molecular weight is 252 g/mol. The predicted molar refractivity (Wildman–Crippen MR) is 74.1 cm³/mol. The first-order valence-corrected chi connectivity index (χ1v) is 7.55. The maximum Gasteiger partial charge on any atom is 0.244 e. The fraction of sp³-hybridized carbons (Fsp3) is 0.933. The number of carbonyl (C=O) groups excluding carboxylic acids is 1. The standard InChI is InChI=1S/C15H28N2O/c1-11(2)7-10-17-13(12(3)4)16-15(14(17)18)8-5-6-9-15/h11-13,16H,5-10H2,1-4H3. The highest BCUT2D eigenvalue weighted by atomic mass is 16.2. The lowest BCUT2D eigenvalue weighted by Crippen LogP contribution is -2.45. The summed E-state index contributed by atoms with van der Waals surface area (Å²) in [5.74, 6) is 1.52. The minimum Gasteiger partial charge on any atom is -0.325 e. The summed E-state index contributed by atoms with van der Waals surface area (Å²) in [4.78, 5) is 14.8. The van der Waals surface area contributed by atoms with E-state index in [0.717, 1.165) is 25.8 Å². The maximum absolute atomic E-state index is 12.7. The van der Waals surface area contributed by atoms with E-state index in [0.29, 0.717) is 17.7 Å². The van der Waals surface area contributed by atoms with Crippen LogP contribution in [-0.4, -0.2) is 29.1 Å². The normalized spacial score (nSPS) is 27.1. The van der Waals surface area contributed by atoms with Gasteiger partial charge in [-0.2, -0.15) is 0 Å². The van der Waals surface area contributed by atoms with Gasteiger partial charge in [0, 0.05) is 6.54 Å². The summed E-state index contributed by atoms with van der Waals surface area (Å²) in [6, 6.07) is 0. The first-order valence-electron chi connectivity index (χ1n) is 7.55. The Kier molecular flexibility index (Phi) is 4.00. The van der Waals surface area contributed by atoms with E-state index in [-0.39, 0.29) is 11.7 Å². The molecule has 18 heavy (non-hydrogen) atoms. The quantitative estimate of drug-likeness (QED) is 0.834. The Morgan fingerprint density at radius 2 is 1.89 bits per heavy atom. The first kappa shape index (κ1) is 13.9. The lowest BCUT2D eigenvalue weighted by atomic mass is 9.98. The third-order valence-electron chi connectivity index (χ3n) is 4.47. The zero-order valence-corrected chi connectivity index (χ0v) is 12.3. The van der Waals surface area contributed by atoms with Crippen LogP contribution >= 0.6 is 0 Å². The monoisotopic (exact) mass is 252 g/mol. The average Bonchev–Trinajstić information content (AvgIpc) is 2.86. The summed E-state index contributed by atoms with van der Waals surface area (Å²) in [6.45, 7) is 9.78. The Morgan fingerprint density at radius 3 is 2.39 bits per heavy atom. The van der Waals surface area contributed by atoms with Crippen LogP contribution in [0.15, 0.2) is 0 Å². The Bertz CT molecular complexity index is 306. The number of carbonyl (C=O) groups is 1. The van der Waals surface area contributed by atoms with Crippen LogP contribution in [-0.2, 0) is 4.79 Å². The zero-order chi connectivity index (χ0) is 13.3. The van der Waals surface area contributed by atoms with Gasteiger partial charge in [-0.05, 0) is 31.1 Å². The Morgan fingerprint density at radius 1 is 1.28 bits per heavy atom. The highest BCUT2D eigenvalue weighted by Gasteiger charge is 2.52. The van der Waals surface area contributed by atoms with Gasteiger partial charge in [-0.3, -0.25) is 10.1 Å². The lowest BCUT2D eigenvalue weighted by Gasteiger charge is -2.27. The molecule has 104 valence electrons. The van der Waals surface area contributed by atoms with Crippen molar-refractivity contribution in [3.8, 4) is 0 Å². The van der Waals surface area contributed by atoms with Gasteiger partial charge in [0.25, 0.3) is 0 Å². The van der Waals surface area contributed by atoms with Crippen LogP contribution < -0.4 is 5.32 Å². The molecule has 2 aliphatic rings. The maximum atomic E-state index is 12.7. The van der Waals surface area contributed by atoms with Gasteiger partial charge in [0.15, 0.2) is 0 Å². The Hall–Kier alpha value is -0.570. The van der Waals surface area contributed by atoms with Gasteiger partial charge in [-0.15, -0.1) is 0 Å². The van der Waals surface area contributed by atoms with Crippen molar-refractivity contribution in [2.24, 2.45) is 11.8 Å². The van der Waals surface area contributed by atoms with E-state index in [1.54, 1.807) is 0 Å². The van der Waals surface area contributed by atoms with Crippen molar-refractivity contribution in [2.75, 3.05) is 6.54 Å². The van der Waals surface area contributed by atoms with Crippen LogP contribution in [0.4, 0.5) is 0 Å². The highest BCUT2D eigenvalue weighted by molar-refractivity contribution is 5.89. The zero-order valence-electron chi connectivity index (χ0n) is 12.3. The van der Waals surface area contributed by atoms with Crippen molar-refractivity contribution >= 4 is 5.91 Å². The molecular formula is C15H28N2O. The predicted octanol–water partition coefficient (Wildman–Crippen LogP) is 2.76. The smallest absolute Gasteiger partial charge is 0.244 e. The van der Waals surface area contributed by atoms with E-state index >= 15 is 0 Å². The third kappa shape index (κ3) is 2.42. The molecule has 0 aromatic heterocycles. The number of nitrogens with zero attached hydrogens (tertiary/aromatic N) is 1. The fourth-order valence-electron chi connectivity index (χ4n) is 3.33. The molecule has 2 rings (SSSR count). The minimum absolute atomic E-state index is 0.202. The van der Waals surface area contributed by atoms with E-state index in [1.807, 2.05) is 0 Å². The molecule has 1 atom stereocenters. The van der Waals surface area contributed by atoms with Crippen molar-refractivity contribution in [1.82, 2.24) is 10.2 Å². The molecule has 1 aliphatic heterocycles. The summed E-state index contributed by atoms with van der Waals surface area (Å²) in [5.41, 5.74) is -0.202. The second kappa shape index (κ2) is 5.20. The summed E-state index contributed by atoms with van der Waals surface area (Å²) in [5, 5.41) is 3.67. The Balaban J connectivity index is 2.11. The van der Waals surface area contributed by atoms with Crippen LogP contribution in [0, 0.1) is 11.8 Å². The molecule has 1 N–H and O–H groups in total. The van der Waals surface area contributed by atoms with E-state index in [4.69, 9.17) is 0 Å². The van der Waals surface area contributed by atoms with Crippen LogP contribution in [0.2, 0.25) is 0 Å².